The van der Waals surface area contributed by atoms with Crippen LogP contribution in [0.15, 0.2) is 24.3 Å². The summed E-state index contributed by atoms with van der Waals surface area (Å²) in [5, 5.41) is 0. The van der Waals surface area contributed by atoms with Gasteiger partial charge in [-0.3, -0.25) is 14.4 Å². The van der Waals surface area contributed by atoms with Crippen molar-refractivity contribution in [2.75, 3.05) is 6.61 Å². The number of Topliss-reactive ketones (excluding diaryl/α,β-unsaturated/α-hetero) is 1. The van der Waals surface area contributed by atoms with Crippen LogP contribution in [0.3, 0.4) is 0 Å². The van der Waals surface area contributed by atoms with Gasteiger partial charge in [0, 0.05) is 11.5 Å². The number of ether oxygens (including phenoxy) is 2. The van der Waals surface area contributed by atoms with E-state index < -0.39 is 40.1 Å². The molecule has 2 aliphatic rings. The average molecular weight is 348 g/mol. The van der Waals surface area contributed by atoms with E-state index >= 15 is 0 Å². The molecular weight excluding hydrogens is 327 g/mol. The van der Waals surface area contributed by atoms with E-state index in [2.05, 4.69) is 0 Å². The standard InChI is InChI=1S/C19H21FO5/c1-5-18(13(21)11-7-9-12(20)10-8-11)14-17(3,4)25-16(23)19(14,18)15(22)24-6-2/h7-10,14H,5-6H2,1-4H3/t14-,18+,19-/m1/s1. The molecule has 0 radical (unpaired) electrons. The van der Waals surface area contributed by atoms with Crippen molar-refractivity contribution in [1.29, 1.82) is 0 Å². The Morgan fingerprint density at radius 2 is 1.80 bits per heavy atom. The van der Waals surface area contributed by atoms with Crippen LogP contribution in [0.2, 0.25) is 0 Å². The molecule has 0 aromatic heterocycles. The molecule has 0 N–H and O–H groups in total. The van der Waals surface area contributed by atoms with Gasteiger partial charge in [-0.2, -0.15) is 0 Å². The van der Waals surface area contributed by atoms with Crippen molar-refractivity contribution in [3.8, 4) is 0 Å². The number of benzene rings is 1. The Hall–Kier alpha value is -2.24. The minimum Gasteiger partial charge on any atom is -0.465 e. The molecule has 5 nitrogen and oxygen atoms in total. The van der Waals surface area contributed by atoms with Crippen molar-refractivity contribution in [1.82, 2.24) is 0 Å². The summed E-state index contributed by atoms with van der Waals surface area (Å²) >= 11 is 0. The van der Waals surface area contributed by atoms with Crippen LogP contribution in [-0.4, -0.2) is 29.9 Å². The van der Waals surface area contributed by atoms with Crippen LogP contribution in [0.4, 0.5) is 4.39 Å². The van der Waals surface area contributed by atoms with Crippen LogP contribution >= 0.6 is 0 Å². The molecule has 0 bridgehead atoms. The quantitative estimate of drug-likeness (QED) is 0.465. The molecule has 3 atom stereocenters. The maximum absolute atomic E-state index is 13.3. The monoisotopic (exact) mass is 348 g/mol. The number of rotatable bonds is 5. The SMILES string of the molecule is CCOC(=O)[C@@]12C(=O)OC(C)(C)[C@@H]1[C@]2(CC)C(=O)c1ccc(F)cc1. The lowest BCUT2D eigenvalue weighted by molar-refractivity contribution is -0.166. The summed E-state index contributed by atoms with van der Waals surface area (Å²) in [6.07, 6.45) is 0.283. The summed E-state index contributed by atoms with van der Waals surface area (Å²) in [7, 11) is 0. The number of hydrogen-bond acceptors (Lipinski definition) is 5. The summed E-state index contributed by atoms with van der Waals surface area (Å²) in [6.45, 7) is 6.92. The first kappa shape index (κ1) is 17.6. The van der Waals surface area contributed by atoms with E-state index in [9.17, 15) is 18.8 Å². The van der Waals surface area contributed by atoms with Crippen molar-refractivity contribution in [2.45, 2.75) is 39.7 Å². The van der Waals surface area contributed by atoms with E-state index in [0.29, 0.717) is 0 Å². The molecule has 25 heavy (non-hydrogen) atoms. The molecule has 1 aromatic rings. The van der Waals surface area contributed by atoms with Crippen molar-refractivity contribution in [3.63, 3.8) is 0 Å². The molecule has 1 aliphatic heterocycles. The van der Waals surface area contributed by atoms with Gasteiger partial charge in [-0.25, -0.2) is 4.39 Å². The fourth-order valence-electron chi connectivity index (χ4n) is 4.77. The molecule has 2 fully saturated rings. The predicted octanol–water partition coefficient (Wildman–Crippen LogP) is 2.92. The van der Waals surface area contributed by atoms with Gasteiger partial charge in [-0.15, -0.1) is 0 Å². The topological polar surface area (TPSA) is 69.7 Å². The molecule has 1 saturated carbocycles. The van der Waals surface area contributed by atoms with Gasteiger partial charge in [-0.05, 0) is 51.5 Å². The highest BCUT2D eigenvalue weighted by Crippen LogP contribution is 2.80. The number of hydrogen-bond donors (Lipinski definition) is 0. The van der Waals surface area contributed by atoms with E-state index in [1.54, 1.807) is 27.7 Å². The Morgan fingerprint density at radius 1 is 1.20 bits per heavy atom. The zero-order valence-corrected chi connectivity index (χ0v) is 14.7. The fraction of sp³-hybridized carbons (Fsp3) is 0.526. The van der Waals surface area contributed by atoms with Gasteiger partial charge in [0.25, 0.3) is 0 Å². The molecule has 6 heteroatoms. The Morgan fingerprint density at radius 3 is 2.32 bits per heavy atom. The van der Waals surface area contributed by atoms with Crippen molar-refractivity contribution >= 4 is 17.7 Å². The van der Waals surface area contributed by atoms with E-state index in [1.807, 2.05) is 0 Å². The minimum atomic E-state index is -1.62. The zero-order chi connectivity index (χ0) is 18.6. The second kappa shape index (κ2) is 5.38. The molecule has 0 spiro atoms. The summed E-state index contributed by atoms with van der Waals surface area (Å²) in [5.74, 6) is -2.84. The molecule has 1 heterocycles. The van der Waals surface area contributed by atoms with E-state index in [0.717, 1.165) is 0 Å². The Balaban J connectivity index is 2.14. The lowest BCUT2D eigenvalue weighted by atomic mass is 9.81. The molecule has 0 unspecified atom stereocenters. The van der Waals surface area contributed by atoms with Crippen molar-refractivity contribution in [3.05, 3.63) is 35.6 Å². The van der Waals surface area contributed by atoms with Crippen LogP contribution < -0.4 is 0 Å². The highest BCUT2D eigenvalue weighted by molar-refractivity contribution is 6.19. The largest absolute Gasteiger partial charge is 0.465 e. The van der Waals surface area contributed by atoms with Gasteiger partial charge in [0.2, 0.25) is 0 Å². The zero-order valence-electron chi connectivity index (χ0n) is 14.7. The predicted molar refractivity (Wildman–Crippen MR) is 86.2 cm³/mol. The third-order valence-electron chi connectivity index (χ3n) is 5.59. The molecule has 134 valence electrons. The van der Waals surface area contributed by atoms with Gasteiger partial charge in [-0.1, -0.05) is 6.92 Å². The number of carbonyl (C=O) groups excluding carboxylic acids is 3. The average Bonchev–Trinajstić information content (AvgIpc) is 3.15. The van der Waals surface area contributed by atoms with Crippen LogP contribution in [0.25, 0.3) is 0 Å². The number of halogens is 1. The normalized spacial score (nSPS) is 31.9. The minimum absolute atomic E-state index is 0.103. The first-order valence-corrected chi connectivity index (χ1v) is 8.41. The van der Waals surface area contributed by atoms with E-state index in [1.165, 1.54) is 24.3 Å². The number of esters is 2. The second-order valence-corrected chi connectivity index (χ2v) is 7.12. The third kappa shape index (κ3) is 1.96. The van der Waals surface area contributed by atoms with Crippen molar-refractivity contribution < 1.29 is 28.2 Å². The van der Waals surface area contributed by atoms with Crippen molar-refractivity contribution in [2.24, 2.45) is 16.7 Å². The lowest BCUT2D eigenvalue weighted by Crippen LogP contribution is -2.40. The maximum Gasteiger partial charge on any atom is 0.325 e. The first-order chi connectivity index (χ1) is 11.7. The highest BCUT2D eigenvalue weighted by Gasteiger charge is 2.95. The molecule has 1 aromatic carbocycles. The number of cyclic esters (lactones) is 1. The molecule has 1 aliphatic carbocycles. The van der Waals surface area contributed by atoms with Gasteiger partial charge in [0.15, 0.2) is 11.2 Å². The van der Waals surface area contributed by atoms with Gasteiger partial charge < -0.3 is 9.47 Å². The molecule has 0 amide bonds. The highest BCUT2D eigenvalue weighted by atomic mass is 19.1. The summed E-state index contributed by atoms with van der Waals surface area (Å²) < 4.78 is 23.7. The Kier molecular flexibility index (Phi) is 3.78. The van der Waals surface area contributed by atoms with Crippen LogP contribution in [0.1, 0.15) is 44.5 Å². The maximum atomic E-state index is 13.3. The van der Waals surface area contributed by atoms with Crippen LogP contribution in [0.5, 0.6) is 0 Å². The first-order valence-electron chi connectivity index (χ1n) is 8.41. The smallest absolute Gasteiger partial charge is 0.325 e. The third-order valence-corrected chi connectivity index (χ3v) is 5.59. The molecular formula is C19H21FO5. The van der Waals surface area contributed by atoms with Crippen LogP contribution in [0, 0.1) is 22.6 Å². The lowest BCUT2D eigenvalue weighted by Gasteiger charge is -2.28. The number of fused-ring (bicyclic) bond motifs is 1. The second-order valence-electron chi connectivity index (χ2n) is 7.12. The summed E-state index contributed by atoms with van der Waals surface area (Å²) in [4.78, 5) is 38.7. The Bertz CT molecular complexity index is 754. The number of ketones is 1. The van der Waals surface area contributed by atoms with Gasteiger partial charge in [0.1, 0.15) is 11.4 Å². The van der Waals surface area contributed by atoms with Gasteiger partial charge >= 0.3 is 11.9 Å². The fourth-order valence-corrected chi connectivity index (χ4v) is 4.77. The van der Waals surface area contributed by atoms with Gasteiger partial charge in [0.05, 0.1) is 12.0 Å². The summed E-state index contributed by atoms with van der Waals surface area (Å²) in [6, 6.07) is 5.13. The molecule has 1 saturated heterocycles. The van der Waals surface area contributed by atoms with E-state index in [4.69, 9.17) is 9.47 Å². The van der Waals surface area contributed by atoms with E-state index in [-0.39, 0.29) is 24.4 Å². The summed E-state index contributed by atoms with van der Waals surface area (Å²) in [5.41, 5.74) is -3.54. The van der Waals surface area contributed by atoms with Crippen LogP contribution in [-0.2, 0) is 19.1 Å². The molecule has 3 rings (SSSR count). The Labute approximate surface area is 145 Å². The number of carbonyl (C=O) groups is 3.